The molecule has 1 unspecified atom stereocenters. The molecule has 9 heteroatoms. The molecule has 4 aromatic rings. The summed E-state index contributed by atoms with van der Waals surface area (Å²) in [5, 5.41) is 3.22. The first-order valence-corrected chi connectivity index (χ1v) is 13.9. The second-order valence-corrected chi connectivity index (χ2v) is 10.9. The SMILES string of the molecule is CC(C)(C)OC(=O)N1CC=CCC1c1cnc(Nc2ccc(OCc3ccccc3)nc2OCc2ccccc2)nc1. The first-order chi connectivity index (χ1) is 20.3. The van der Waals surface area contributed by atoms with Gasteiger partial charge in [-0.05, 0) is 44.4 Å². The van der Waals surface area contributed by atoms with Gasteiger partial charge in [-0.3, -0.25) is 4.90 Å². The number of aromatic nitrogens is 3. The van der Waals surface area contributed by atoms with Gasteiger partial charge in [0.2, 0.25) is 17.7 Å². The summed E-state index contributed by atoms with van der Waals surface area (Å²) >= 11 is 0. The highest BCUT2D eigenvalue weighted by Crippen LogP contribution is 2.31. The molecule has 1 amide bonds. The fourth-order valence-corrected chi connectivity index (χ4v) is 4.37. The maximum Gasteiger partial charge on any atom is 0.411 e. The number of pyridine rings is 1. The molecular formula is C33H35N5O4. The van der Waals surface area contributed by atoms with Crippen molar-refractivity contribution in [3.05, 3.63) is 114 Å². The fraction of sp³-hybridized carbons (Fsp3) is 0.273. The van der Waals surface area contributed by atoms with E-state index in [0.29, 0.717) is 49.6 Å². The Kier molecular flexibility index (Phi) is 8.96. The molecule has 1 atom stereocenters. The number of ether oxygens (including phenoxy) is 3. The highest BCUT2D eigenvalue weighted by atomic mass is 16.6. The van der Waals surface area contributed by atoms with E-state index in [1.807, 2.05) is 93.6 Å². The van der Waals surface area contributed by atoms with E-state index in [-0.39, 0.29) is 12.1 Å². The third-order valence-electron chi connectivity index (χ3n) is 6.42. The molecule has 0 fully saturated rings. The lowest BCUT2D eigenvalue weighted by atomic mass is 10.0. The van der Waals surface area contributed by atoms with Crippen LogP contribution in [0.5, 0.6) is 11.8 Å². The minimum atomic E-state index is -0.580. The summed E-state index contributed by atoms with van der Waals surface area (Å²) in [6, 6.07) is 23.2. The Morgan fingerprint density at radius 3 is 2.17 bits per heavy atom. The molecule has 0 saturated carbocycles. The summed E-state index contributed by atoms with van der Waals surface area (Å²) in [5.74, 6) is 1.18. The van der Waals surface area contributed by atoms with Gasteiger partial charge in [-0.1, -0.05) is 72.8 Å². The van der Waals surface area contributed by atoms with Crippen LogP contribution in [0, 0.1) is 0 Å². The number of hydrogen-bond donors (Lipinski definition) is 1. The Hall–Kier alpha value is -4.92. The quantitative estimate of drug-likeness (QED) is 0.216. The third-order valence-corrected chi connectivity index (χ3v) is 6.42. The van der Waals surface area contributed by atoms with Crippen LogP contribution in [0.4, 0.5) is 16.4 Å². The molecule has 0 saturated heterocycles. The van der Waals surface area contributed by atoms with Gasteiger partial charge >= 0.3 is 6.09 Å². The molecule has 0 spiro atoms. The van der Waals surface area contributed by atoms with E-state index in [1.165, 1.54) is 0 Å². The molecule has 42 heavy (non-hydrogen) atoms. The average Bonchev–Trinajstić information content (AvgIpc) is 3.00. The molecule has 1 aliphatic heterocycles. The maximum absolute atomic E-state index is 12.8. The molecule has 0 aliphatic carbocycles. The molecule has 0 radical (unpaired) electrons. The molecular weight excluding hydrogens is 530 g/mol. The Labute approximate surface area is 246 Å². The molecule has 9 nitrogen and oxygen atoms in total. The van der Waals surface area contributed by atoms with E-state index in [1.54, 1.807) is 23.4 Å². The summed E-state index contributed by atoms with van der Waals surface area (Å²) in [6.07, 6.45) is 7.77. The van der Waals surface area contributed by atoms with Crippen LogP contribution in [-0.2, 0) is 18.0 Å². The molecule has 5 rings (SSSR count). The largest absolute Gasteiger partial charge is 0.473 e. The summed E-state index contributed by atoms with van der Waals surface area (Å²) < 4.78 is 17.7. The van der Waals surface area contributed by atoms with Crippen LogP contribution in [-0.4, -0.2) is 38.1 Å². The van der Waals surface area contributed by atoms with Crippen LogP contribution in [0.15, 0.2) is 97.3 Å². The zero-order valence-electron chi connectivity index (χ0n) is 24.1. The lowest BCUT2D eigenvalue weighted by molar-refractivity contribution is 0.0175. The Morgan fingerprint density at radius 2 is 1.52 bits per heavy atom. The van der Waals surface area contributed by atoms with Gasteiger partial charge < -0.3 is 19.5 Å². The topological polar surface area (TPSA) is 98.7 Å². The lowest BCUT2D eigenvalue weighted by Gasteiger charge is -2.34. The molecule has 1 aliphatic rings. The number of carbonyl (C=O) groups excluding carboxylic acids is 1. The van der Waals surface area contributed by atoms with Crippen molar-refractivity contribution in [2.24, 2.45) is 0 Å². The van der Waals surface area contributed by atoms with Gasteiger partial charge in [-0.2, -0.15) is 4.98 Å². The molecule has 1 N–H and O–H groups in total. The van der Waals surface area contributed by atoms with Crippen LogP contribution >= 0.6 is 0 Å². The van der Waals surface area contributed by atoms with Crippen molar-refractivity contribution in [1.29, 1.82) is 0 Å². The van der Waals surface area contributed by atoms with Gasteiger partial charge in [0.1, 0.15) is 24.5 Å². The first kappa shape index (κ1) is 28.6. The van der Waals surface area contributed by atoms with Crippen molar-refractivity contribution in [3.8, 4) is 11.8 Å². The zero-order chi connectivity index (χ0) is 29.4. The smallest absolute Gasteiger partial charge is 0.411 e. The lowest BCUT2D eigenvalue weighted by Crippen LogP contribution is -2.40. The highest BCUT2D eigenvalue weighted by Gasteiger charge is 2.30. The Morgan fingerprint density at radius 1 is 0.881 bits per heavy atom. The summed E-state index contributed by atoms with van der Waals surface area (Å²) in [7, 11) is 0. The normalized spacial score (nSPS) is 14.7. The Bertz CT molecular complexity index is 1490. The van der Waals surface area contributed by atoms with Gasteiger partial charge in [0.25, 0.3) is 0 Å². The number of carbonyl (C=O) groups is 1. The molecule has 2 aromatic carbocycles. The predicted molar refractivity (Wildman–Crippen MR) is 161 cm³/mol. The zero-order valence-corrected chi connectivity index (χ0v) is 24.1. The predicted octanol–water partition coefficient (Wildman–Crippen LogP) is 7.01. The molecule has 3 heterocycles. The molecule has 0 bridgehead atoms. The summed E-state index contributed by atoms with van der Waals surface area (Å²) in [6.45, 7) is 6.76. The number of amides is 1. The van der Waals surface area contributed by atoms with Gasteiger partial charge in [-0.25, -0.2) is 14.8 Å². The van der Waals surface area contributed by atoms with E-state index in [9.17, 15) is 4.79 Å². The van der Waals surface area contributed by atoms with E-state index in [0.717, 1.165) is 16.7 Å². The number of benzene rings is 2. The van der Waals surface area contributed by atoms with E-state index < -0.39 is 5.60 Å². The highest BCUT2D eigenvalue weighted by molar-refractivity contribution is 5.69. The second-order valence-electron chi connectivity index (χ2n) is 10.9. The molecule has 216 valence electrons. The van der Waals surface area contributed by atoms with Crippen LogP contribution in [0.25, 0.3) is 0 Å². The van der Waals surface area contributed by atoms with Crippen molar-refractivity contribution >= 4 is 17.7 Å². The fourth-order valence-electron chi connectivity index (χ4n) is 4.37. The van der Waals surface area contributed by atoms with Gasteiger partial charge in [-0.15, -0.1) is 0 Å². The number of nitrogens with one attached hydrogen (secondary N) is 1. The van der Waals surface area contributed by atoms with Crippen molar-refractivity contribution < 1.29 is 19.0 Å². The monoisotopic (exact) mass is 565 g/mol. The maximum atomic E-state index is 12.8. The standard InChI is InChI=1S/C33H35N5O4/c1-33(2,3)42-32(39)38-19-11-10-16-28(38)26-20-34-31(35-21-26)36-27-17-18-29(40-22-24-12-6-4-7-13-24)37-30(27)41-23-25-14-8-5-9-15-25/h4-15,17-18,20-21,28H,16,19,22-23H2,1-3H3,(H,34,35,36). The molecule has 2 aromatic heterocycles. The number of hydrogen-bond acceptors (Lipinski definition) is 8. The van der Waals surface area contributed by atoms with Crippen molar-refractivity contribution in [2.45, 2.75) is 52.0 Å². The summed E-state index contributed by atoms with van der Waals surface area (Å²) in [5.41, 5.74) is 2.89. The van der Waals surface area contributed by atoms with Crippen LogP contribution < -0.4 is 14.8 Å². The van der Waals surface area contributed by atoms with Gasteiger partial charge in [0.15, 0.2) is 0 Å². The van der Waals surface area contributed by atoms with Crippen LogP contribution in [0.2, 0.25) is 0 Å². The summed E-state index contributed by atoms with van der Waals surface area (Å²) in [4.78, 5) is 28.2. The van der Waals surface area contributed by atoms with Gasteiger partial charge in [0, 0.05) is 30.6 Å². The van der Waals surface area contributed by atoms with Crippen molar-refractivity contribution in [2.75, 3.05) is 11.9 Å². The van der Waals surface area contributed by atoms with Gasteiger partial charge in [0.05, 0.1) is 6.04 Å². The van der Waals surface area contributed by atoms with Crippen molar-refractivity contribution in [1.82, 2.24) is 19.9 Å². The second kappa shape index (κ2) is 13.2. The minimum Gasteiger partial charge on any atom is -0.473 e. The number of rotatable bonds is 9. The average molecular weight is 566 g/mol. The van der Waals surface area contributed by atoms with Crippen LogP contribution in [0.1, 0.15) is 49.9 Å². The first-order valence-electron chi connectivity index (χ1n) is 13.9. The Balaban J connectivity index is 1.32. The number of anilines is 2. The van der Waals surface area contributed by atoms with Crippen molar-refractivity contribution in [3.63, 3.8) is 0 Å². The minimum absolute atomic E-state index is 0.216. The van der Waals surface area contributed by atoms with E-state index in [2.05, 4.69) is 26.3 Å². The van der Waals surface area contributed by atoms with E-state index >= 15 is 0 Å². The number of nitrogens with zero attached hydrogens (tertiary/aromatic N) is 4. The third kappa shape index (κ3) is 7.84. The van der Waals surface area contributed by atoms with E-state index in [4.69, 9.17) is 14.2 Å². The van der Waals surface area contributed by atoms with Crippen LogP contribution in [0.3, 0.4) is 0 Å².